The molecule has 0 amide bonds. The highest BCUT2D eigenvalue weighted by Crippen LogP contribution is 2.04. The molecule has 0 atom stereocenters. The fourth-order valence-corrected chi connectivity index (χ4v) is 1.39. The maximum Gasteiger partial charge on any atom is 0.414 e. The maximum atomic E-state index is 9.10. The summed E-state index contributed by atoms with van der Waals surface area (Å²) in [7, 11) is 8.19. The molecule has 0 rings (SSSR count). The van der Waals surface area contributed by atoms with Crippen LogP contribution in [0.4, 0.5) is 0 Å². The number of carboxylic acid groups (broad SMARTS) is 2. The highest BCUT2D eigenvalue weighted by Gasteiger charge is 2.04. The second-order valence-corrected chi connectivity index (χ2v) is 5.71. The van der Waals surface area contributed by atoms with Gasteiger partial charge in [0.1, 0.15) is 0 Å². The molecular weight excluding hydrogens is 308 g/mol. The summed E-state index contributed by atoms with van der Waals surface area (Å²) in [5, 5.41) is 14.8. The second kappa shape index (κ2) is 17.3. The van der Waals surface area contributed by atoms with Crippen molar-refractivity contribution in [2.75, 3.05) is 41.3 Å². The molecule has 0 aromatic carbocycles. The second-order valence-electron chi connectivity index (χ2n) is 5.71. The van der Waals surface area contributed by atoms with E-state index in [4.69, 9.17) is 19.8 Å². The minimum atomic E-state index is -1.82. The van der Waals surface area contributed by atoms with Crippen LogP contribution in [0.3, 0.4) is 0 Å². The molecule has 2 N–H and O–H groups in total. The lowest BCUT2D eigenvalue weighted by Gasteiger charge is -2.01. The smallest absolute Gasteiger partial charge is 0.414 e. The number of rotatable bonds is 7. The van der Waals surface area contributed by atoms with Gasteiger partial charge >= 0.3 is 11.9 Å². The van der Waals surface area contributed by atoms with Gasteiger partial charge in [-0.3, -0.25) is 9.80 Å². The molecule has 6 nitrogen and oxygen atoms in total. The van der Waals surface area contributed by atoms with E-state index >= 15 is 0 Å². The normalized spacial score (nSPS) is 9.25. The summed E-state index contributed by atoms with van der Waals surface area (Å²) < 4.78 is 0. The Hall–Kier alpha value is -2.02. The highest BCUT2D eigenvalue weighted by atomic mass is 16.4. The minimum absolute atomic E-state index is 0.876. The number of hydrogen-bond donors (Lipinski definition) is 2. The molecule has 0 aliphatic heterocycles. The van der Waals surface area contributed by atoms with Crippen molar-refractivity contribution < 1.29 is 19.8 Å². The van der Waals surface area contributed by atoms with Gasteiger partial charge in [-0.25, -0.2) is 9.59 Å². The van der Waals surface area contributed by atoms with Crippen molar-refractivity contribution in [2.24, 2.45) is 0 Å². The lowest BCUT2D eigenvalue weighted by atomic mass is 10.1. The molecule has 0 aromatic heterocycles. The summed E-state index contributed by atoms with van der Waals surface area (Å²) in [6.45, 7) is 1.75. The standard InChI is InChI=1S/C16H28N2.C2H2O4/c1-17(2)15-13-11-9-7-5-6-8-10-12-14-16-18(3)4;3-1(4)2(5)6/h5-10,15-16H2,1-4H3;(H,3,4)(H,5,6). The number of carboxylic acids is 2. The molecule has 0 heterocycles. The van der Waals surface area contributed by atoms with Gasteiger partial charge in [0.05, 0.1) is 13.1 Å². The van der Waals surface area contributed by atoms with E-state index < -0.39 is 11.9 Å². The third-order valence-corrected chi connectivity index (χ3v) is 2.58. The minimum Gasteiger partial charge on any atom is -0.473 e. The summed E-state index contributed by atoms with van der Waals surface area (Å²) in [5.74, 6) is 9.11. The van der Waals surface area contributed by atoms with Crippen LogP contribution in [0.25, 0.3) is 0 Å². The van der Waals surface area contributed by atoms with Crippen LogP contribution in [0.1, 0.15) is 38.5 Å². The first-order valence-corrected chi connectivity index (χ1v) is 7.94. The molecule has 0 aromatic rings. The van der Waals surface area contributed by atoms with Gasteiger partial charge in [0, 0.05) is 12.8 Å². The van der Waals surface area contributed by atoms with Gasteiger partial charge in [0.25, 0.3) is 0 Å². The fourth-order valence-electron chi connectivity index (χ4n) is 1.39. The Morgan fingerprint density at radius 1 is 0.667 bits per heavy atom. The van der Waals surface area contributed by atoms with Crippen LogP contribution in [0, 0.1) is 23.7 Å². The van der Waals surface area contributed by atoms with Crippen molar-refractivity contribution in [3.63, 3.8) is 0 Å². The van der Waals surface area contributed by atoms with Gasteiger partial charge in [0.2, 0.25) is 0 Å². The predicted molar refractivity (Wildman–Crippen MR) is 95.6 cm³/mol. The molecule has 0 unspecified atom stereocenters. The monoisotopic (exact) mass is 338 g/mol. The molecule has 0 aliphatic carbocycles. The first kappa shape index (κ1) is 24.2. The van der Waals surface area contributed by atoms with Crippen molar-refractivity contribution in [3.8, 4) is 23.7 Å². The quantitative estimate of drug-likeness (QED) is 0.417. The van der Waals surface area contributed by atoms with Crippen LogP contribution in [-0.4, -0.2) is 73.2 Å². The SMILES string of the molecule is CN(C)CC#CCCCCCCC#CCN(C)C.O=C(O)C(=O)O. The molecule has 24 heavy (non-hydrogen) atoms. The van der Waals surface area contributed by atoms with E-state index in [1.54, 1.807) is 0 Å². The molecule has 0 saturated heterocycles. The van der Waals surface area contributed by atoms with E-state index in [9.17, 15) is 0 Å². The van der Waals surface area contributed by atoms with Crippen molar-refractivity contribution in [1.29, 1.82) is 0 Å². The number of unbranched alkanes of at least 4 members (excludes halogenated alkanes) is 5. The van der Waals surface area contributed by atoms with Gasteiger partial charge in [-0.1, -0.05) is 24.7 Å². The molecule has 0 fully saturated rings. The molecule has 0 bridgehead atoms. The Balaban J connectivity index is 0. The van der Waals surface area contributed by atoms with Crippen LogP contribution in [0.5, 0.6) is 0 Å². The van der Waals surface area contributed by atoms with E-state index in [0.29, 0.717) is 0 Å². The summed E-state index contributed by atoms with van der Waals surface area (Å²) >= 11 is 0. The Kier molecular flexibility index (Phi) is 17.5. The van der Waals surface area contributed by atoms with Crippen LogP contribution in [0.15, 0.2) is 0 Å². The fraction of sp³-hybridized carbons (Fsp3) is 0.667. The van der Waals surface area contributed by atoms with Gasteiger partial charge in [0.15, 0.2) is 0 Å². The van der Waals surface area contributed by atoms with Gasteiger partial charge < -0.3 is 10.2 Å². The van der Waals surface area contributed by atoms with Crippen LogP contribution in [0.2, 0.25) is 0 Å². The van der Waals surface area contributed by atoms with Crippen LogP contribution >= 0.6 is 0 Å². The third-order valence-electron chi connectivity index (χ3n) is 2.58. The van der Waals surface area contributed by atoms with E-state index in [1.807, 2.05) is 28.2 Å². The average molecular weight is 338 g/mol. The van der Waals surface area contributed by atoms with Gasteiger partial charge in [-0.15, -0.1) is 11.8 Å². The molecular formula is C18H30N2O4. The van der Waals surface area contributed by atoms with Crippen molar-refractivity contribution in [1.82, 2.24) is 9.80 Å². The number of nitrogens with zero attached hydrogens (tertiary/aromatic N) is 2. The summed E-state index contributed by atoms with van der Waals surface area (Å²) in [4.78, 5) is 22.4. The topological polar surface area (TPSA) is 81.1 Å². The molecule has 0 radical (unpaired) electrons. The van der Waals surface area contributed by atoms with Gasteiger partial charge in [-0.2, -0.15) is 0 Å². The predicted octanol–water partition coefficient (Wildman–Crippen LogP) is 1.61. The molecule has 0 saturated carbocycles. The third kappa shape index (κ3) is 25.0. The lowest BCUT2D eigenvalue weighted by Crippen LogP contribution is -2.10. The molecule has 136 valence electrons. The lowest BCUT2D eigenvalue weighted by molar-refractivity contribution is -0.159. The van der Waals surface area contributed by atoms with Crippen molar-refractivity contribution in [2.45, 2.75) is 38.5 Å². The average Bonchev–Trinajstić information content (AvgIpc) is 2.48. The van der Waals surface area contributed by atoms with Crippen molar-refractivity contribution in [3.05, 3.63) is 0 Å². The highest BCUT2D eigenvalue weighted by molar-refractivity contribution is 6.27. The Morgan fingerprint density at radius 2 is 1.00 bits per heavy atom. The first-order valence-electron chi connectivity index (χ1n) is 7.94. The first-order chi connectivity index (χ1) is 11.3. The van der Waals surface area contributed by atoms with E-state index in [2.05, 4.69) is 33.5 Å². The van der Waals surface area contributed by atoms with Crippen LogP contribution in [-0.2, 0) is 9.59 Å². The van der Waals surface area contributed by atoms with E-state index in [1.165, 1.54) is 25.7 Å². The Morgan fingerprint density at radius 3 is 1.25 bits per heavy atom. The largest absolute Gasteiger partial charge is 0.473 e. The molecule has 0 aliphatic rings. The van der Waals surface area contributed by atoms with Crippen molar-refractivity contribution >= 4 is 11.9 Å². The zero-order valence-corrected chi connectivity index (χ0v) is 15.3. The zero-order chi connectivity index (χ0) is 18.8. The van der Waals surface area contributed by atoms with Gasteiger partial charge in [-0.05, 0) is 41.0 Å². The Labute approximate surface area is 145 Å². The van der Waals surface area contributed by atoms with Crippen LogP contribution < -0.4 is 0 Å². The van der Waals surface area contributed by atoms with E-state index in [-0.39, 0.29) is 0 Å². The number of carbonyl (C=O) groups is 2. The molecule has 6 heteroatoms. The summed E-state index contributed by atoms with van der Waals surface area (Å²) in [6, 6.07) is 0. The maximum absolute atomic E-state index is 9.10. The Bertz CT molecular complexity index is 421. The molecule has 0 spiro atoms. The number of aliphatic carboxylic acids is 2. The number of hydrogen-bond acceptors (Lipinski definition) is 4. The summed E-state index contributed by atoms with van der Waals surface area (Å²) in [5.41, 5.74) is 0. The summed E-state index contributed by atoms with van der Waals surface area (Å²) in [6.07, 6.45) is 7.11. The van der Waals surface area contributed by atoms with E-state index in [0.717, 1.165) is 25.9 Å². The zero-order valence-electron chi connectivity index (χ0n) is 15.3.